The maximum Gasteiger partial charge on any atom is 0.349 e. The van der Waals surface area contributed by atoms with Gasteiger partial charge >= 0.3 is 5.63 Å². The minimum atomic E-state index is -1.40. The number of hydrogen-bond donors (Lipinski definition) is 3. The molecule has 3 heterocycles. The maximum atomic E-state index is 12.8. The predicted octanol–water partition coefficient (Wildman–Crippen LogP) is 2.45. The minimum absolute atomic E-state index is 0.0927. The second-order valence-corrected chi connectivity index (χ2v) is 9.88. The summed E-state index contributed by atoms with van der Waals surface area (Å²) in [6.45, 7) is 6.70. The quantitative estimate of drug-likeness (QED) is 0.240. The van der Waals surface area contributed by atoms with Gasteiger partial charge in [-0.2, -0.15) is 0 Å². The van der Waals surface area contributed by atoms with E-state index < -0.39 is 35.8 Å². The molecule has 0 unspecified atom stereocenters. The fraction of sp³-hybridized carbons (Fsp3) is 0.458. The predicted molar refractivity (Wildman–Crippen MR) is 130 cm³/mol. The van der Waals surface area contributed by atoms with Crippen LogP contribution in [0.1, 0.15) is 36.9 Å². The van der Waals surface area contributed by atoms with E-state index in [9.17, 15) is 20.1 Å². The first-order chi connectivity index (χ1) is 17.0. The number of nitrogens with zero attached hydrogens (tertiary/aromatic N) is 2. The molecule has 0 aliphatic carbocycles. The lowest BCUT2D eigenvalue weighted by molar-refractivity contribution is -0.306. The van der Waals surface area contributed by atoms with Crippen LogP contribution >= 0.6 is 11.3 Å². The first-order valence-electron chi connectivity index (χ1n) is 11.1. The van der Waals surface area contributed by atoms with Crippen LogP contribution in [-0.2, 0) is 20.9 Å². The molecular formula is C24H28N2O9S. The molecule has 1 saturated heterocycles. The van der Waals surface area contributed by atoms with Gasteiger partial charge in [-0.15, -0.1) is 11.3 Å². The van der Waals surface area contributed by atoms with Crippen LogP contribution < -0.4 is 10.4 Å². The van der Waals surface area contributed by atoms with Crippen molar-refractivity contribution in [1.82, 2.24) is 4.98 Å². The van der Waals surface area contributed by atoms with Crippen LogP contribution in [0.5, 0.6) is 11.5 Å². The van der Waals surface area contributed by atoms with Crippen LogP contribution in [0.3, 0.4) is 0 Å². The Morgan fingerprint density at radius 2 is 2.03 bits per heavy atom. The van der Waals surface area contributed by atoms with Gasteiger partial charge in [0.2, 0.25) is 6.29 Å². The molecule has 1 aliphatic rings. The number of ether oxygens (including phenoxy) is 3. The normalized spacial score (nSPS) is 24.1. The summed E-state index contributed by atoms with van der Waals surface area (Å²) in [5.74, 6) is -0.0821. The number of rotatable bonds is 7. The molecule has 0 radical (unpaired) electrons. The summed E-state index contributed by atoms with van der Waals surface area (Å²) in [6.07, 6.45) is -3.00. The van der Waals surface area contributed by atoms with Gasteiger partial charge < -0.3 is 38.8 Å². The lowest BCUT2D eigenvalue weighted by Crippen LogP contribution is -2.63. The van der Waals surface area contributed by atoms with Crippen LogP contribution in [0.2, 0.25) is 0 Å². The third-order valence-corrected chi connectivity index (χ3v) is 6.78. The number of aryl methyl sites for hydroxylation is 1. The summed E-state index contributed by atoms with van der Waals surface area (Å²) >= 11 is 1.40. The molecule has 3 N–H and O–H groups in total. The van der Waals surface area contributed by atoms with Crippen molar-refractivity contribution in [1.29, 1.82) is 0 Å². The zero-order valence-corrected chi connectivity index (χ0v) is 21.2. The van der Waals surface area contributed by atoms with Gasteiger partial charge in [0.25, 0.3) is 0 Å². The lowest BCUT2D eigenvalue weighted by Gasteiger charge is -2.46. The Morgan fingerprint density at radius 3 is 2.69 bits per heavy atom. The number of fused-ring (bicyclic) bond motifs is 1. The van der Waals surface area contributed by atoms with E-state index in [1.165, 1.54) is 31.4 Å². The van der Waals surface area contributed by atoms with Crippen molar-refractivity contribution < 1.29 is 38.8 Å². The maximum absolute atomic E-state index is 12.8. The second kappa shape index (κ2) is 10.1. The molecule has 3 aromatic rings. The molecule has 2 aromatic heterocycles. The summed E-state index contributed by atoms with van der Waals surface area (Å²) in [7, 11) is 1.42. The number of aromatic hydroxyl groups is 1. The topological polar surface area (TPSA) is 153 Å². The summed E-state index contributed by atoms with van der Waals surface area (Å²) in [5.41, 5.74) is -1.28. The molecule has 11 nitrogen and oxygen atoms in total. The molecule has 36 heavy (non-hydrogen) atoms. The molecule has 0 bridgehead atoms. The van der Waals surface area contributed by atoms with Crippen molar-refractivity contribution in [3.63, 3.8) is 0 Å². The molecule has 12 heteroatoms. The highest BCUT2D eigenvalue weighted by molar-refractivity contribution is 7.09. The molecule has 0 spiro atoms. The molecule has 0 saturated carbocycles. The first kappa shape index (κ1) is 26.0. The Morgan fingerprint density at radius 1 is 1.28 bits per heavy atom. The largest absolute Gasteiger partial charge is 0.506 e. The molecule has 1 aliphatic heterocycles. The van der Waals surface area contributed by atoms with Crippen molar-refractivity contribution >= 4 is 28.0 Å². The molecule has 1 aromatic carbocycles. The average Bonchev–Trinajstić information content (AvgIpc) is 3.33. The highest BCUT2D eigenvalue weighted by atomic mass is 32.1. The Labute approximate surface area is 210 Å². The third-order valence-electron chi connectivity index (χ3n) is 6.02. The molecule has 4 rings (SSSR count). The summed E-state index contributed by atoms with van der Waals surface area (Å²) in [4.78, 5) is 22.1. The van der Waals surface area contributed by atoms with Crippen molar-refractivity contribution in [3.05, 3.63) is 50.3 Å². The van der Waals surface area contributed by atoms with Gasteiger partial charge in [-0.1, -0.05) is 5.16 Å². The average molecular weight is 521 g/mol. The third kappa shape index (κ3) is 4.82. The minimum Gasteiger partial charge on any atom is -0.506 e. The van der Waals surface area contributed by atoms with Crippen molar-refractivity contribution in [2.75, 3.05) is 7.11 Å². The van der Waals surface area contributed by atoms with Gasteiger partial charge in [-0.3, -0.25) is 0 Å². The zero-order chi connectivity index (χ0) is 26.2. The van der Waals surface area contributed by atoms with E-state index >= 15 is 0 Å². The van der Waals surface area contributed by atoms with E-state index in [0.29, 0.717) is 10.6 Å². The second-order valence-electron chi connectivity index (χ2n) is 8.90. The van der Waals surface area contributed by atoms with E-state index in [4.69, 9.17) is 23.5 Å². The van der Waals surface area contributed by atoms with E-state index in [1.54, 1.807) is 38.4 Å². The number of aromatic nitrogens is 1. The summed E-state index contributed by atoms with van der Waals surface area (Å²) in [6, 6.07) is 3.06. The Kier molecular flexibility index (Phi) is 7.34. The number of benzene rings is 1. The molecular weight excluding hydrogens is 492 g/mol. The SMILES string of the molecule is CO[C@@H]1[C@H](O)[C@@H](O)[C@H](Oc2ccc3c(O)c(C(C)=NOCc4nccs4)c(=O)oc3c2C)OC1(C)C. The standard InChI is InChI=1S/C24H28N2O9S/c1-11-14(33-23-19(29)18(28)21(31-5)24(3,4)35-23)7-6-13-17(27)16(22(30)34-20(11)13)12(2)26-32-10-15-25-8-9-36-15/h6-9,18-19,21,23,27-29H,10H2,1-5H3/t18-,19-,21-,23-/m1/s1. The van der Waals surface area contributed by atoms with E-state index in [0.717, 1.165) is 0 Å². The summed E-state index contributed by atoms with van der Waals surface area (Å²) in [5, 5.41) is 38.6. The molecule has 4 atom stereocenters. The van der Waals surface area contributed by atoms with Gasteiger partial charge in [0.15, 0.2) is 6.61 Å². The monoisotopic (exact) mass is 520 g/mol. The van der Waals surface area contributed by atoms with E-state index in [2.05, 4.69) is 10.1 Å². The number of aliphatic hydroxyl groups is 2. The number of oxime groups is 1. The Bertz CT molecular complexity index is 1320. The Hall–Kier alpha value is -3.03. The Balaban J connectivity index is 1.62. The lowest BCUT2D eigenvalue weighted by atomic mass is 9.89. The van der Waals surface area contributed by atoms with E-state index in [1.807, 2.05) is 0 Å². The number of methoxy groups -OCH3 is 1. The fourth-order valence-electron chi connectivity index (χ4n) is 4.20. The van der Waals surface area contributed by atoms with Crippen LogP contribution in [-0.4, -0.2) is 63.3 Å². The fourth-order valence-corrected chi connectivity index (χ4v) is 4.72. The van der Waals surface area contributed by atoms with Crippen molar-refractivity contribution in [2.45, 2.75) is 64.5 Å². The van der Waals surface area contributed by atoms with Gasteiger partial charge in [0.1, 0.15) is 46.0 Å². The summed E-state index contributed by atoms with van der Waals surface area (Å²) < 4.78 is 22.5. The smallest absolute Gasteiger partial charge is 0.349 e. The number of thiazole rings is 1. The highest BCUT2D eigenvalue weighted by Gasteiger charge is 2.50. The van der Waals surface area contributed by atoms with Gasteiger partial charge in [0, 0.05) is 24.3 Å². The highest BCUT2D eigenvalue weighted by Crippen LogP contribution is 2.37. The van der Waals surface area contributed by atoms with Crippen LogP contribution in [0.4, 0.5) is 0 Å². The van der Waals surface area contributed by atoms with Crippen LogP contribution in [0, 0.1) is 6.92 Å². The zero-order valence-electron chi connectivity index (χ0n) is 20.4. The van der Waals surface area contributed by atoms with E-state index in [-0.39, 0.29) is 40.4 Å². The van der Waals surface area contributed by atoms with Crippen molar-refractivity contribution in [2.24, 2.45) is 5.16 Å². The number of aliphatic hydroxyl groups excluding tert-OH is 2. The molecule has 0 amide bonds. The van der Waals surface area contributed by atoms with Crippen LogP contribution in [0.25, 0.3) is 11.0 Å². The molecule has 194 valence electrons. The van der Waals surface area contributed by atoms with Gasteiger partial charge in [-0.05, 0) is 39.8 Å². The molecule has 1 fully saturated rings. The first-order valence-corrected chi connectivity index (χ1v) is 12.0. The van der Waals surface area contributed by atoms with Crippen LogP contribution in [0.15, 0.2) is 38.1 Å². The number of hydrogen-bond acceptors (Lipinski definition) is 12. The van der Waals surface area contributed by atoms with Gasteiger partial charge in [0.05, 0.1) is 16.7 Å². The van der Waals surface area contributed by atoms with Crippen molar-refractivity contribution in [3.8, 4) is 11.5 Å². The van der Waals surface area contributed by atoms with Gasteiger partial charge in [-0.25, -0.2) is 9.78 Å².